The number of rotatable bonds is 7. The van der Waals surface area contributed by atoms with E-state index in [9.17, 15) is 0 Å². The van der Waals surface area contributed by atoms with Gasteiger partial charge in [-0.1, -0.05) is 18.2 Å². The Morgan fingerprint density at radius 3 is 2.89 bits per heavy atom. The largest absolute Gasteiger partial charge is 0.493 e. The third-order valence-electron chi connectivity index (χ3n) is 2.98. The van der Waals surface area contributed by atoms with Crippen LogP contribution in [0.3, 0.4) is 0 Å². The van der Waals surface area contributed by atoms with Crippen molar-refractivity contribution in [2.24, 2.45) is 0 Å². The highest BCUT2D eigenvalue weighted by atomic mass is 16.5. The van der Waals surface area contributed by atoms with Gasteiger partial charge in [0.1, 0.15) is 5.75 Å². The quantitative estimate of drug-likeness (QED) is 0.767. The summed E-state index contributed by atoms with van der Waals surface area (Å²) < 4.78 is 5.61. The van der Waals surface area contributed by atoms with Crippen molar-refractivity contribution < 1.29 is 9.84 Å². The second-order valence-corrected chi connectivity index (χ2v) is 4.53. The van der Waals surface area contributed by atoms with E-state index >= 15 is 0 Å². The van der Waals surface area contributed by atoms with Gasteiger partial charge in [0.05, 0.1) is 25.3 Å². The number of hydrogen-bond acceptors (Lipinski definition) is 4. The van der Waals surface area contributed by atoms with E-state index in [-0.39, 0.29) is 12.6 Å². The van der Waals surface area contributed by atoms with Crippen molar-refractivity contribution in [3.63, 3.8) is 0 Å². The van der Waals surface area contributed by atoms with Crippen LogP contribution < -0.4 is 10.1 Å². The Hall–Kier alpha value is -1.57. The van der Waals surface area contributed by atoms with Crippen molar-refractivity contribution in [2.75, 3.05) is 6.61 Å². The lowest BCUT2D eigenvalue weighted by molar-refractivity contribution is 0.258. The maximum Gasteiger partial charge on any atom is 0.124 e. The Labute approximate surface area is 107 Å². The van der Waals surface area contributed by atoms with Gasteiger partial charge in [0.2, 0.25) is 0 Å². The van der Waals surface area contributed by atoms with Crippen LogP contribution in [0.15, 0.2) is 24.3 Å². The summed E-state index contributed by atoms with van der Waals surface area (Å²) in [6.45, 7) is 0.452. The summed E-state index contributed by atoms with van der Waals surface area (Å²) in [7, 11) is 0. The Bertz CT molecular complexity index is 424. The van der Waals surface area contributed by atoms with Gasteiger partial charge >= 0.3 is 0 Å². The third-order valence-corrected chi connectivity index (χ3v) is 2.98. The van der Waals surface area contributed by atoms with E-state index in [1.165, 1.54) is 12.8 Å². The van der Waals surface area contributed by atoms with Gasteiger partial charge < -0.3 is 9.84 Å². The lowest BCUT2D eigenvalue weighted by Gasteiger charge is -2.13. The van der Waals surface area contributed by atoms with E-state index in [1.807, 2.05) is 24.3 Å². The van der Waals surface area contributed by atoms with Gasteiger partial charge in [0.15, 0.2) is 0 Å². The first kappa shape index (κ1) is 12.9. The highest BCUT2D eigenvalue weighted by Crippen LogP contribution is 2.20. The topological polar surface area (TPSA) is 65.3 Å². The SMILES string of the molecule is N#CC(CCOc1ccccc1CO)NC1CC1. The average Bonchev–Trinajstić information content (AvgIpc) is 3.22. The Morgan fingerprint density at radius 2 is 2.22 bits per heavy atom. The lowest BCUT2D eigenvalue weighted by atomic mass is 10.2. The first-order valence-corrected chi connectivity index (χ1v) is 6.30. The fourth-order valence-corrected chi connectivity index (χ4v) is 1.78. The molecule has 0 amide bonds. The molecule has 18 heavy (non-hydrogen) atoms. The van der Waals surface area contributed by atoms with E-state index < -0.39 is 0 Å². The van der Waals surface area contributed by atoms with Gasteiger partial charge in [-0.15, -0.1) is 0 Å². The smallest absolute Gasteiger partial charge is 0.124 e. The minimum Gasteiger partial charge on any atom is -0.493 e. The number of nitrogens with zero attached hydrogens (tertiary/aromatic N) is 1. The van der Waals surface area contributed by atoms with Gasteiger partial charge in [0.25, 0.3) is 0 Å². The molecule has 0 heterocycles. The van der Waals surface area contributed by atoms with Gasteiger partial charge in [-0.25, -0.2) is 0 Å². The van der Waals surface area contributed by atoms with Crippen molar-refractivity contribution >= 4 is 0 Å². The molecular weight excluding hydrogens is 228 g/mol. The van der Waals surface area contributed by atoms with E-state index in [4.69, 9.17) is 15.1 Å². The summed E-state index contributed by atoms with van der Waals surface area (Å²) in [6.07, 6.45) is 3.01. The zero-order valence-corrected chi connectivity index (χ0v) is 10.3. The molecule has 0 saturated heterocycles. The minimum atomic E-state index is -0.140. The fraction of sp³-hybridized carbons (Fsp3) is 0.500. The van der Waals surface area contributed by atoms with Crippen molar-refractivity contribution in [1.82, 2.24) is 5.32 Å². The lowest BCUT2D eigenvalue weighted by Crippen LogP contribution is -2.31. The number of ether oxygens (including phenoxy) is 1. The molecule has 0 aliphatic heterocycles. The molecule has 2 rings (SSSR count). The van der Waals surface area contributed by atoms with E-state index in [2.05, 4.69) is 11.4 Å². The highest BCUT2D eigenvalue weighted by Gasteiger charge is 2.24. The number of benzene rings is 1. The molecule has 0 spiro atoms. The molecular formula is C14H18N2O2. The molecule has 2 N–H and O–H groups in total. The van der Waals surface area contributed by atoms with Crippen LogP contribution in [0.25, 0.3) is 0 Å². The molecule has 0 aromatic heterocycles. The molecule has 1 aromatic rings. The monoisotopic (exact) mass is 246 g/mol. The standard InChI is InChI=1S/C14H18N2O2/c15-9-13(16-12-5-6-12)7-8-18-14-4-2-1-3-11(14)10-17/h1-4,12-13,16-17H,5-8,10H2. The molecule has 1 fully saturated rings. The molecule has 1 atom stereocenters. The van der Waals surface area contributed by atoms with Crippen LogP contribution in [0.4, 0.5) is 0 Å². The molecule has 0 radical (unpaired) electrons. The molecule has 0 bridgehead atoms. The zero-order chi connectivity index (χ0) is 12.8. The van der Waals surface area contributed by atoms with Crippen LogP contribution in [0.1, 0.15) is 24.8 Å². The molecule has 4 heteroatoms. The molecule has 1 saturated carbocycles. The van der Waals surface area contributed by atoms with Crippen molar-refractivity contribution in [2.45, 2.75) is 38.0 Å². The van der Waals surface area contributed by atoms with E-state index in [0.29, 0.717) is 24.8 Å². The fourth-order valence-electron chi connectivity index (χ4n) is 1.78. The maximum absolute atomic E-state index is 9.16. The van der Waals surface area contributed by atoms with Crippen LogP contribution in [0.2, 0.25) is 0 Å². The first-order chi connectivity index (χ1) is 8.83. The Balaban J connectivity index is 1.78. The first-order valence-electron chi connectivity index (χ1n) is 6.30. The molecule has 4 nitrogen and oxygen atoms in total. The van der Waals surface area contributed by atoms with Gasteiger partial charge in [-0.2, -0.15) is 5.26 Å². The van der Waals surface area contributed by atoms with Crippen LogP contribution in [0.5, 0.6) is 5.75 Å². The van der Waals surface area contributed by atoms with Crippen molar-refractivity contribution in [3.8, 4) is 11.8 Å². The summed E-state index contributed by atoms with van der Waals surface area (Å²) in [5.41, 5.74) is 0.779. The average molecular weight is 246 g/mol. The normalized spacial score (nSPS) is 16.0. The maximum atomic E-state index is 9.16. The number of aliphatic hydroxyl groups is 1. The minimum absolute atomic E-state index is 0.0296. The molecule has 1 aliphatic rings. The number of para-hydroxylation sites is 1. The Morgan fingerprint density at radius 1 is 1.44 bits per heavy atom. The predicted octanol–water partition coefficient (Wildman–Crippen LogP) is 1.59. The summed E-state index contributed by atoms with van der Waals surface area (Å²) in [5.74, 6) is 0.697. The number of aliphatic hydroxyl groups excluding tert-OH is 1. The second kappa shape index (κ2) is 6.39. The summed E-state index contributed by atoms with van der Waals surface area (Å²) in [4.78, 5) is 0. The molecule has 1 aliphatic carbocycles. The predicted molar refractivity (Wildman–Crippen MR) is 68.0 cm³/mol. The van der Waals surface area contributed by atoms with Crippen LogP contribution in [0, 0.1) is 11.3 Å². The number of nitrogens with one attached hydrogen (secondary N) is 1. The summed E-state index contributed by atoms with van der Waals surface area (Å²) in [5, 5.41) is 21.4. The molecule has 1 unspecified atom stereocenters. The van der Waals surface area contributed by atoms with Crippen LogP contribution in [-0.4, -0.2) is 23.8 Å². The number of hydrogen-bond donors (Lipinski definition) is 2. The zero-order valence-electron chi connectivity index (χ0n) is 10.3. The highest BCUT2D eigenvalue weighted by molar-refractivity contribution is 5.32. The van der Waals surface area contributed by atoms with E-state index in [0.717, 1.165) is 5.56 Å². The molecule has 1 aromatic carbocycles. The number of nitriles is 1. The summed E-state index contributed by atoms with van der Waals surface area (Å²) >= 11 is 0. The molecule has 96 valence electrons. The van der Waals surface area contributed by atoms with E-state index in [1.54, 1.807) is 0 Å². The van der Waals surface area contributed by atoms with Crippen LogP contribution >= 0.6 is 0 Å². The Kier molecular flexibility index (Phi) is 4.57. The second-order valence-electron chi connectivity index (χ2n) is 4.53. The van der Waals surface area contributed by atoms with Gasteiger partial charge in [0, 0.05) is 18.0 Å². The van der Waals surface area contributed by atoms with Crippen LogP contribution in [-0.2, 0) is 6.61 Å². The third kappa shape index (κ3) is 3.73. The van der Waals surface area contributed by atoms with Gasteiger partial charge in [-0.05, 0) is 18.9 Å². The summed E-state index contributed by atoms with van der Waals surface area (Å²) in [6, 6.07) is 10.0. The van der Waals surface area contributed by atoms with Gasteiger partial charge in [-0.3, -0.25) is 5.32 Å². The van der Waals surface area contributed by atoms with Crippen molar-refractivity contribution in [1.29, 1.82) is 5.26 Å². The van der Waals surface area contributed by atoms with Crippen molar-refractivity contribution in [3.05, 3.63) is 29.8 Å².